The van der Waals surface area contributed by atoms with Crippen LogP contribution in [-0.4, -0.2) is 25.2 Å². The average molecular weight is 409 g/mol. The number of hydrogen-bond acceptors (Lipinski definition) is 6. The maximum Gasteiger partial charge on any atom is 0.241 e. The number of sulfone groups is 1. The Kier molecular flexibility index (Phi) is 6.10. The summed E-state index contributed by atoms with van der Waals surface area (Å²) in [6, 6.07) is 17.5. The Balaban J connectivity index is 1.61. The van der Waals surface area contributed by atoms with Crippen molar-refractivity contribution in [1.29, 1.82) is 5.26 Å². The predicted octanol–water partition coefficient (Wildman–Crippen LogP) is 3.33. The van der Waals surface area contributed by atoms with Gasteiger partial charge >= 0.3 is 0 Å². The molecule has 0 fully saturated rings. The minimum Gasteiger partial charge on any atom is -0.338 e. The zero-order valence-corrected chi connectivity index (χ0v) is 16.6. The number of carbonyl (C=O) groups is 1. The van der Waals surface area contributed by atoms with Crippen molar-refractivity contribution in [3.05, 3.63) is 71.3 Å². The van der Waals surface area contributed by atoms with E-state index < -0.39 is 21.5 Å². The molecule has 0 unspecified atom stereocenters. The molecule has 0 aliphatic rings. The SMILES string of the molecule is CCc1ccc(-c2cc(NC(=O)CS(=O)(=O)Cc3ccc(C#N)cc3)on2)cc1. The van der Waals surface area contributed by atoms with Gasteiger partial charge in [-0.15, -0.1) is 0 Å². The number of nitrogens with one attached hydrogen (secondary N) is 1. The summed E-state index contributed by atoms with van der Waals surface area (Å²) < 4.78 is 29.6. The largest absolute Gasteiger partial charge is 0.338 e. The molecule has 0 radical (unpaired) electrons. The van der Waals surface area contributed by atoms with Gasteiger partial charge in [0.25, 0.3) is 0 Å². The number of carbonyl (C=O) groups excluding carboxylic acids is 1. The highest BCUT2D eigenvalue weighted by Crippen LogP contribution is 2.22. The first kappa shape index (κ1) is 20.3. The molecule has 0 saturated heterocycles. The molecule has 0 bridgehead atoms. The van der Waals surface area contributed by atoms with Crippen molar-refractivity contribution in [2.45, 2.75) is 19.1 Å². The lowest BCUT2D eigenvalue weighted by atomic mass is 10.1. The lowest BCUT2D eigenvalue weighted by Gasteiger charge is -2.04. The molecule has 3 aromatic rings. The van der Waals surface area contributed by atoms with Crippen LogP contribution >= 0.6 is 0 Å². The highest BCUT2D eigenvalue weighted by molar-refractivity contribution is 7.91. The summed E-state index contributed by atoms with van der Waals surface area (Å²) in [7, 11) is -3.68. The molecule has 148 valence electrons. The Morgan fingerprint density at radius 3 is 2.38 bits per heavy atom. The monoisotopic (exact) mass is 409 g/mol. The Morgan fingerprint density at radius 1 is 1.10 bits per heavy atom. The molecular weight excluding hydrogens is 390 g/mol. The van der Waals surface area contributed by atoms with Crippen molar-refractivity contribution < 1.29 is 17.7 Å². The van der Waals surface area contributed by atoms with Crippen LogP contribution in [0.3, 0.4) is 0 Å². The summed E-state index contributed by atoms with van der Waals surface area (Å²) in [5.41, 5.74) is 3.52. The molecule has 3 rings (SSSR count). The first-order valence-electron chi connectivity index (χ1n) is 8.94. The first-order valence-corrected chi connectivity index (χ1v) is 10.8. The van der Waals surface area contributed by atoms with Crippen molar-refractivity contribution in [3.8, 4) is 17.3 Å². The summed E-state index contributed by atoms with van der Waals surface area (Å²) in [5.74, 6) is -1.60. The van der Waals surface area contributed by atoms with E-state index in [-0.39, 0.29) is 11.6 Å². The minimum atomic E-state index is -3.68. The van der Waals surface area contributed by atoms with Crippen molar-refractivity contribution in [3.63, 3.8) is 0 Å². The van der Waals surface area contributed by atoms with Crippen LogP contribution in [0.4, 0.5) is 5.88 Å². The molecule has 0 spiro atoms. The average Bonchev–Trinajstić information content (AvgIpc) is 3.16. The molecule has 2 aromatic carbocycles. The third-order valence-electron chi connectivity index (χ3n) is 4.25. The molecule has 29 heavy (non-hydrogen) atoms. The third-order valence-corrected chi connectivity index (χ3v) is 5.73. The summed E-state index contributed by atoms with van der Waals surface area (Å²) in [4.78, 5) is 12.1. The topological polar surface area (TPSA) is 113 Å². The fourth-order valence-corrected chi connectivity index (χ4v) is 4.01. The fourth-order valence-electron chi connectivity index (χ4n) is 2.74. The molecular formula is C21H19N3O4S. The van der Waals surface area contributed by atoms with Gasteiger partial charge in [-0.05, 0) is 29.7 Å². The quantitative estimate of drug-likeness (QED) is 0.640. The number of amides is 1. The highest BCUT2D eigenvalue weighted by atomic mass is 32.2. The highest BCUT2D eigenvalue weighted by Gasteiger charge is 2.19. The van der Waals surface area contributed by atoms with Gasteiger partial charge in [-0.1, -0.05) is 48.5 Å². The molecule has 0 saturated carbocycles. The molecule has 0 atom stereocenters. The lowest BCUT2D eigenvalue weighted by molar-refractivity contribution is -0.114. The first-order chi connectivity index (χ1) is 13.9. The normalized spacial score (nSPS) is 11.0. The van der Waals surface area contributed by atoms with E-state index in [2.05, 4.69) is 17.4 Å². The number of aromatic nitrogens is 1. The smallest absolute Gasteiger partial charge is 0.241 e. The zero-order valence-electron chi connectivity index (χ0n) is 15.8. The molecule has 1 aromatic heterocycles. The van der Waals surface area contributed by atoms with Crippen molar-refractivity contribution in [2.24, 2.45) is 0 Å². The van der Waals surface area contributed by atoms with Gasteiger partial charge in [0, 0.05) is 11.6 Å². The molecule has 1 heterocycles. The second-order valence-electron chi connectivity index (χ2n) is 6.52. The second kappa shape index (κ2) is 8.71. The van der Waals surface area contributed by atoms with Crippen LogP contribution in [-0.2, 0) is 26.8 Å². The number of aryl methyl sites for hydroxylation is 1. The molecule has 1 amide bonds. The van der Waals surface area contributed by atoms with Gasteiger partial charge in [0.1, 0.15) is 11.4 Å². The Labute approximate surface area is 168 Å². The molecule has 1 N–H and O–H groups in total. The van der Waals surface area contributed by atoms with E-state index in [1.165, 1.54) is 17.7 Å². The van der Waals surface area contributed by atoms with Crippen LogP contribution in [0.25, 0.3) is 11.3 Å². The van der Waals surface area contributed by atoms with E-state index in [4.69, 9.17) is 9.78 Å². The van der Waals surface area contributed by atoms with Gasteiger partial charge in [-0.3, -0.25) is 10.1 Å². The third kappa shape index (κ3) is 5.53. The maximum atomic E-state index is 12.3. The summed E-state index contributed by atoms with van der Waals surface area (Å²) in [6.45, 7) is 2.06. The standard InChI is InChI=1S/C21H19N3O4S/c1-2-15-7-9-18(10-8-15)19-11-21(28-24-19)23-20(25)14-29(26,27)13-17-5-3-16(12-22)4-6-17/h3-11H,2,13-14H2,1H3,(H,23,25). The van der Waals surface area contributed by atoms with Gasteiger partial charge in [0.15, 0.2) is 9.84 Å². The van der Waals surface area contributed by atoms with Gasteiger partial charge in [-0.2, -0.15) is 5.26 Å². The maximum absolute atomic E-state index is 12.3. The number of anilines is 1. The summed E-state index contributed by atoms with van der Waals surface area (Å²) in [5, 5.41) is 15.1. The minimum absolute atomic E-state index is 0.0816. The number of hydrogen-bond donors (Lipinski definition) is 1. The lowest BCUT2D eigenvalue weighted by Crippen LogP contribution is -2.23. The van der Waals surface area contributed by atoms with E-state index in [0.717, 1.165) is 12.0 Å². The van der Waals surface area contributed by atoms with Crippen LogP contribution < -0.4 is 5.32 Å². The summed E-state index contributed by atoms with van der Waals surface area (Å²) >= 11 is 0. The van der Waals surface area contributed by atoms with Crippen molar-refractivity contribution in [2.75, 3.05) is 11.1 Å². The Hall–Kier alpha value is -3.44. The van der Waals surface area contributed by atoms with Gasteiger partial charge < -0.3 is 4.52 Å². The Bertz CT molecular complexity index is 1140. The van der Waals surface area contributed by atoms with E-state index in [1.54, 1.807) is 18.2 Å². The molecule has 0 aliphatic carbocycles. The van der Waals surface area contributed by atoms with Crippen molar-refractivity contribution in [1.82, 2.24) is 5.16 Å². The Morgan fingerprint density at radius 2 is 1.76 bits per heavy atom. The molecule has 8 heteroatoms. The fraction of sp³-hybridized carbons (Fsp3) is 0.190. The van der Waals surface area contributed by atoms with E-state index >= 15 is 0 Å². The van der Waals surface area contributed by atoms with Crippen LogP contribution in [0.5, 0.6) is 0 Å². The van der Waals surface area contributed by atoms with Crippen LogP contribution in [0.1, 0.15) is 23.6 Å². The second-order valence-corrected chi connectivity index (χ2v) is 8.58. The number of benzene rings is 2. The number of nitriles is 1. The van der Waals surface area contributed by atoms with Gasteiger partial charge in [0.2, 0.25) is 11.8 Å². The number of nitrogens with zero attached hydrogens (tertiary/aromatic N) is 2. The summed E-state index contributed by atoms with van der Waals surface area (Å²) in [6.07, 6.45) is 0.928. The van der Waals surface area contributed by atoms with Crippen LogP contribution in [0, 0.1) is 11.3 Å². The molecule has 7 nitrogen and oxygen atoms in total. The predicted molar refractivity (Wildman–Crippen MR) is 109 cm³/mol. The van der Waals surface area contributed by atoms with Gasteiger partial charge in [0.05, 0.1) is 17.4 Å². The zero-order chi connectivity index (χ0) is 20.9. The van der Waals surface area contributed by atoms with E-state index in [9.17, 15) is 13.2 Å². The van der Waals surface area contributed by atoms with Crippen LogP contribution in [0.15, 0.2) is 59.1 Å². The molecule has 0 aliphatic heterocycles. The van der Waals surface area contributed by atoms with Crippen LogP contribution in [0.2, 0.25) is 0 Å². The van der Waals surface area contributed by atoms with E-state index in [1.807, 2.05) is 30.3 Å². The van der Waals surface area contributed by atoms with E-state index in [0.29, 0.717) is 16.8 Å². The number of rotatable bonds is 7. The van der Waals surface area contributed by atoms with Gasteiger partial charge in [-0.25, -0.2) is 8.42 Å². The van der Waals surface area contributed by atoms with Crippen molar-refractivity contribution >= 4 is 21.6 Å².